The van der Waals surface area contributed by atoms with E-state index in [0.29, 0.717) is 0 Å². The van der Waals surface area contributed by atoms with Gasteiger partial charge in [-0.25, -0.2) is 4.98 Å². The van der Waals surface area contributed by atoms with Gasteiger partial charge in [0.05, 0.1) is 0 Å². The molecule has 0 saturated heterocycles. The van der Waals surface area contributed by atoms with Gasteiger partial charge < -0.3 is 0 Å². The van der Waals surface area contributed by atoms with Gasteiger partial charge in [-0.15, -0.1) is 21.8 Å². The fraction of sp³-hybridized carbons (Fsp3) is 0.333. The van der Waals surface area contributed by atoms with Crippen LogP contribution in [0.15, 0.2) is 12.3 Å². The summed E-state index contributed by atoms with van der Waals surface area (Å²) in [6.07, 6.45) is 8.97. The van der Waals surface area contributed by atoms with Gasteiger partial charge in [0.1, 0.15) is 5.69 Å². The summed E-state index contributed by atoms with van der Waals surface area (Å²) in [5.41, 5.74) is 2.47. The fourth-order valence-corrected chi connectivity index (χ4v) is 4.00. The van der Waals surface area contributed by atoms with Crippen molar-refractivity contribution in [3.8, 4) is 11.2 Å². The highest BCUT2D eigenvalue weighted by Crippen LogP contribution is 2.37. The van der Waals surface area contributed by atoms with Gasteiger partial charge in [0.15, 0.2) is 0 Å². The van der Waals surface area contributed by atoms with Gasteiger partial charge in [-0.05, 0) is 54.7 Å². The van der Waals surface area contributed by atoms with Crippen molar-refractivity contribution in [2.24, 2.45) is 0 Å². The maximum absolute atomic E-state index is 4.47. The minimum atomic E-state index is -0.0962. The van der Waals surface area contributed by atoms with Crippen molar-refractivity contribution in [1.29, 1.82) is 0 Å². The van der Waals surface area contributed by atoms with Gasteiger partial charge in [-0.3, -0.25) is 0 Å². The summed E-state index contributed by atoms with van der Waals surface area (Å²) in [5.74, 6) is 7.16. The third-order valence-electron chi connectivity index (χ3n) is 3.21. The Morgan fingerprint density at radius 2 is 2.22 bits per heavy atom. The predicted molar refractivity (Wildman–Crippen MR) is 83.8 cm³/mol. The Bertz CT molecular complexity index is 686. The first-order valence-electron chi connectivity index (χ1n) is 6.12. The first-order valence-corrected chi connectivity index (χ1v) is 8.74. The molecule has 0 radical (unpaired) electrons. The molecule has 0 fully saturated rings. The molecule has 0 aliphatic heterocycles. The first kappa shape index (κ1) is 12.0. The molecule has 3 heteroatoms. The zero-order chi connectivity index (χ0) is 12.5. The standard InChI is InChI=1S/C15H15NS2/c1-18(2)10-8-12-15-11-5-3-4-6-13(11)17-14(15)7-9-16-12/h7,9H,1,3-6H2,2H3. The minimum Gasteiger partial charge on any atom is -0.247 e. The van der Waals surface area contributed by atoms with Crippen LogP contribution in [0.3, 0.4) is 0 Å². The van der Waals surface area contributed by atoms with Gasteiger partial charge in [0, 0.05) is 21.2 Å². The molecule has 92 valence electrons. The molecule has 2 aromatic heterocycles. The van der Waals surface area contributed by atoms with Crippen LogP contribution in [0.25, 0.3) is 10.1 Å². The van der Waals surface area contributed by atoms with E-state index in [9.17, 15) is 0 Å². The van der Waals surface area contributed by atoms with Crippen LogP contribution in [-0.4, -0.2) is 17.1 Å². The number of thiophene rings is 1. The molecular weight excluding hydrogens is 258 g/mol. The summed E-state index contributed by atoms with van der Waals surface area (Å²) in [7, 11) is -0.0962. The number of rotatable bonds is 0. The number of aromatic nitrogens is 1. The Morgan fingerprint density at radius 1 is 1.39 bits per heavy atom. The second kappa shape index (κ2) is 4.87. The average molecular weight is 273 g/mol. The van der Waals surface area contributed by atoms with E-state index in [1.54, 1.807) is 4.88 Å². The molecule has 0 saturated carbocycles. The fourth-order valence-electron chi connectivity index (χ4n) is 2.44. The Labute approximate surface area is 114 Å². The zero-order valence-corrected chi connectivity index (χ0v) is 12.1. The average Bonchev–Trinajstić information content (AvgIpc) is 2.75. The molecule has 3 rings (SSSR count). The van der Waals surface area contributed by atoms with Crippen LogP contribution in [0.1, 0.15) is 29.0 Å². The van der Waals surface area contributed by atoms with Gasteiger partial charge in [-0.2, -0.15) is 0 Å². The third kappa shape index (κ3) is 2.11. The molecule has 1 aliphatic rings. The number of aryl methyl sites for hydroxylation is 2. The van der Waals surface area contributed by atoms with Crippen LogP contribution in [0.5, 0.6) is 0 Å². The van der Waals surface area contributed by atoms with Gasteiger partial charge in [0.25, 0.3) is 0 Å². The lowest BCUT2D eigenvalue weighted by molar-refractivity contribution is 0.700. The zero-order valence-electron chi connectivity index (χ0n) is 10.5. The summed E-state index contributed by atoms with van der Waals surface area (Å²) < 4.78 is 1.35. The number of hydrogen-bond donors (Lipinski definition) is 0. The Kier molecular flexibility index (Phi) is 3.23. The van der Waals surface area contributed by atoms with Crippen LogP contribution >= 0.6 is 21.8 Å². The molecule has 0 N–H and O–H groups in total. The van der Waals surface area contributed by atoms with Crippen molar-refractivity contribution in [3.63, 3.8) is 0 Å². The maximum atomic E-state index is 4.47. The highest BCUT2D eigenvalue weighted by molar-refractivity contribution is 8.17. The SMILES string of the molecule is C=S(C)C#Cc1nccc2sc3c(c12)CCCC3. The molecule has 0 amide bonds. The lowest BCUT2D eigenvalue weighted by Gasteiger charge is -2.10. The number of hydrogen-bond acceptors (Lipinski definition) is 2. The molecule has 0 bridgehead atoms. The van der Waals surface area contributed by atoms with Crippen LogP contribution in [0, 0.1) is 11.2 Å². The summed E-state index contributed by atoms with van der Waals surface area (Å²) in [4.78, 5) is 6.02. The summed E-state index contributed by atoms with van der Waals surface area (Å²) in [5, 5.41) is 4.47. The highest BCUT2D eigenvalue weighted by atomic mass is 32.2. The van der Waals surface area contributed by atoms with E-state index in [0.717, 1.165) is 5.69 Å². The van der Waals surface area contributed by atoms with Gasteiger partial charge >= 0.3 is 0 Å². The van der Waals surface area contributed by atoms with Crippen molar-refractivity contribution in [2.45, 2.75) is 25.7 Å². The van der Waals surface area contributed by atoms with Crippen molar-refractivity contribution in [2.75, 3.05) is 6.26 Å². The normalized spacial score (nSPS) is 15.8. The monoisotopic (exact) mass is 273 g/mol. The molecule has 18 heavy (non-hydrogen) atoms. The first-order chi connectivity index (χ1) is 8.75. The topological polar surface area (TPSA) is 12.9 Å². The molecule has 2 aromatic rings. The lowest BCUT2D eigenvalue weighted by Crippen LogP contribution is -1.99. The Morgan fingerprint density at radius 3 is 3.06 bits per heavy atom. The van der Waals surface area contributed by atoms with E-state index >= 15 is 0 Å². The van der Waals surface area contributed by atoms with Gasteiger partial charge in [-0.1, -0.05) is 5.87 Å². The second-order valence-corrected chi connectivity index (χ2v) is 7.22. The van der Waals surface area contributed by atoms with E-state index < -0.39 is 0 Å². The Hall–Kier alpha value is -1.11. The molecular formula is C15H15NS2. The molecule has 1 atom stereocenters. The third-order valence-corrected chi connectivity index (χ3v) is 4.92. The largest absolute Gasteiger partial charge is 0.247 e. The van der Waals surface area contributed by atoms with Crippen LogP contribution in [0.4, 0.5) is 0 Å². The molecule has 1 nitrogen and oxygen atoms in total. The van der Waals surface area contributed by atoms with E-state index in [2.05, 4.69) is 28.1 Å². The molecule has 0 spiro atoms. The summed E-state index contributed by atoms with van der Waals surface area (Å²) in [6, 6.07) is 2.12. The number of fused-ring (bicyclic) bond motifs is 3. The van der Waals surface area contributed by atoms with E-state index in [4.69, 9.17) is 0 Å². The van der Waals surface area contributed by atoms with Crippen LogP contribution in [-0.2, 0) is 12.8 Å². The van der Waals surface area contributed by atoms with Crippen molar-refractivity contribution in [1.82, 2.24) is 4.98 Å². The second-order valence-electron chi connectivity index (χ2n) is 4.61. The number of pyridine rings is 1. The lowest BCUT2D eigenvalue weighted by atomic mass is 9.96. The Balaban J connectivity index is 2.24. The molecule has 0 aromatic carbocycles. The summed E-state index contributed by atoms with van der Waals surface area (Å²) in [6.45, 7) is 0. The van der Waals surface area contributed by atoms with Gasteiger partial charge in [0.2, 0.25) is 0 Å². The van der Waals surface area contributed by atoms with E-state index in [1.165, 1.54) is 41.3 Å². The van der Waals surface area contributed by atoms with Crippen LogP contribution in [0.2, 0.25) is 0 Å². The van der Waals surface area contributed by atoms with E-state index in [1.807, 2.05) is 23.8 Å². The molecule has 1 unspecified atom stereocenters. The van der Waals surface area contributed by atoms with Crippen molar-refractivity contribution < 1.29 is 0 Å². The predicted octanol–water partition coefficient (Wildman–Crippen LogP) is 3.81. The molecule has 1 aliphatic carbocycles. The minimum absolute atomic E-state index is 0.0962. The van der Waals surface area contributed by atoms with E-state index in [-0.39, 0.29) is 10.5 Å². The van der Waals surface area contributed by atoms with Crippen molar-refractivity contribution in [3.05, 3.63) is 28.4 Å². The maximum Gasteiger partial charge on any atom is 0.122 e. The smallest absolute Gasteiger partial charge is 0.122 e. The summed E-state index contributed by atoms with van der Waals surface area (Å²) >= 11 is 1.93. The van der Waals surface area contributed by atoms with Crippen LogP contribution < -0.4 is 0 Å². The highest BCUT2D eigenvalue weighted by Gasteiger charge is 2.17. The van der Waals surface area contributed by atoms with Crippen molar-refractivity contribution >= 4 is 37.8 Å². The molecule has 2 heterocycles. The number of nitrogens with zero attached hydrogens (tertiary/aromatic N) is 1. The quantitative estimate of drug-likeness (QED) is 0.525.